The third-order valence-corrected chi connectivity index (χ3v) is 6.76. The molecule has 0 amide bonds. The number of aryl methyl sites for hydroxylation is 2. The number of benzene rings is 2. The van der Waals surface area contributed by atoms with Crippen LogP contribution in [0.5, 0.6) is 5.75 Å². The maximum Gasteiger partial charge on any atom is 0.240 e. The number of aliphatic hydroxyl groups excluding tert-OH is 1. The van der Waals surface area contributed by atoms with Crippen LogP contribution in [0.1, 0.15) is 25.1 Å². The van der Waals surface area contributed by atoms with Crippen molar-refractivity contribution in [3.63, 3.8) is 0 Å². The summed E-state index contributed by atoms with van der Waals surface area (Å²) in [7, 11) is -3.88. The summed E-state index contributed by atoms with van der Waals surface area (Å²) < 4.78 is 35.4. The van der Waals surface area contributed by atoms with Crippen molar-refractivity contribution in [2.45, 2.75) is 38.6 Å². The highest BCUT2D eigenvalue weighted by atomic mass is 32.2. The molecule has 0 saturated carbocycles. The number of ether oxygens (including phenoxy) is 1. The molecule has 0 aliphatic rings. The van der Waals surface area contributed by atoms with Crippen LogP contribution >= 0.6 is 0 Å². The monoisotopic (exact) mass is 482 g/mol. The fourth-order valence-electron chi connectivity index (χ4n) is 3.43. The van der Waals surface area contributed by atoms with Crippen LogP contribution in [0.3, 0.4) is 0 Å². The molecule has 11 heteroatoms. The molecule has 0 radical (unpaired) electrons. The molecule has 0 bridgehead atoms. The molecule has 0 saturated heterocycles. The van der Waals surface area contributed by atoms with Gasteiger partial charge >= 0.3 is 0 Å². The zero-order valence-corrected chi connectivity index (χ0v) is 20.2. The number of sulfonamides is 1. The van der Waals surface area contributed by atoms with Crippen molar-refractivity contribution in [3.05, 3.63) is 53.7 Å². The molecule has 0 spiro atoms. The summed E-state index contributed by atoms with van der Waals surface area (Å²) in [6.07, 6.45) is 0. The maximum absolute atomic E-state index is 12.8. The van der Waals surface area contributed by atoms with Crippen LogP contribution in [0.4, 0.5) is 0 Å². The van der Waals surface area contributed by atoms with Gasteiger partial charge in [0, 0.05) is 6.04 Å². The number of hydrogen-bond donors (Lipinski definition) is 2. The van der Waals surface area contributed by atoms with Crippen molar-refractivity contribution in [1.29, 1.82) is 0 Å². The number of nitrogens with one attached hydrogen (secondary N) is 1. The predicted octanol–water partition coefficient (Wildman–Crippen LogP) is 2.55. The maximum atomic E-state index is 12.8. The van der Waals surface area contributed by atoms with E-state index in [0.717, 1.165) is 11.3 Å². The Kier molecular flexibility index (Phi) is 6.60. The molecule has 2 N–H and O–H groups in total. The highest BCUT2D eigenvalue weighted by Crippen LogP contribution is 2.31. The molecule has 2 heterocycles. The summed E-state index contributed by atoms with van der Waals surface area (Å²) in [5.74, 6) is 0.649. The molecular weight excluding hydrogens is 456 g/mol. The largest absolute Gasteiger partial charge is 0.493 e. The van der Waals surface area contributed by atoms with Crippen LogP contribution in [0.15, 0.2) is 47.4 Å². The molecule has 0 aliphatic heterocycles. The van der Waals surface area contributed by atoms with Crippen molar-refractivity contribution in [2.24, 2.45) is 0 Å². The average Bonchev–Trinajstić information content (AvgIpc) is 3.15. The minimum Gasteiger partial charge on any atom is -0.493 e. The zero-order chi connectivity index (χ0) is 24.5. The minimum absolute atomic E-state index is 0.00187. The third kappa shape index (κ3) is 4.63. The van der Waals surface area contributed by atoms with E-state index < -0.39 is 16.1 Å². The molecule has 4 aromatic rings. The van der Waals surface area contributed by atoms with Crippen molar-refractivity contribution in [2.75, 3.05) is 13.2 Å². The van der Waals surface area contributed by atoms with Crippen molar-refractivity contribution in [3.8, 4) is 22.8 Å². The van der Waals surface area contributed by atoms with Crippen LogP contribution in [0.2, 0.25) is 0 Å². The first-order valence-electron chi connectivity index (χ1n) is 10.8. The lowest BCUT2D eigenvalue weighted by Crippen LogP contribution is -2.35. The van der Waals surface area contributed by atoms with E-state index in [1.54, 1.807) is 17.7 Å². The van der Waals surface area contributed by atoms with Gasteiger partial charge in [-0.25, -0.2) is 22.8 Å². The number of fused-ring (bicyclic) bond motifs is 1. The van der Waals surface area contributed by atoms with Crippen molar-refractivity contribution < 1.29 is 18.3 Å². The molecule has 0 aliphatic carbocycles. The van der Waals surface area contributed by atoms with Gasteiger partial charge in [0.05, 0.1) is 35.1 Å². The molecule has 2 aromatic carbocycles. The van der Waals surface area contributed by atoms with E-state index in [0.29, 0.717) is 34.8 Å². The Morgan fingerprint density at radius 3 is 2.53 bits per heavy atom. The molecule has 34 heavy (non-hydrogen) atoms. The fourth-order valence-corrected chi connectivity index (χ4v) is 4.69. The SMILES string of the molecule is CCOc1ccc(S(=O)(=O)N[C@@H](C)CO)cc1-c1nnc2c(n1)c(C)nn2-c1ccc(C)cc1. The van der Waals surface area contributed by atoms with Crippen molar-refractivity contribution >= 4 is 21.2 Å². The van der Waals surface area contributed by atoms with Crippen LogP contribution in [-0.2, 0) is 10.0 Å². The number of hydrogen-bond acceptors (Lipinski definition) is 8. The smallest absolute Gasteiger partial charge is 0.240 e. The van der Waals surface area contributed by atoms with Gasteiger partial charge in [-0.05, 0) is 58.0 Å². The third-order valence-electron chi connectivity index (χ3n) is 5.17. The normalized spacial score (nSPS) is 12.7. The first kappa shape index (κ1) is 23.7. The van der Waals surface area contributed by atoms with Gasteiger partial charge < -0.3 is 9.84 Å². The summed E-state index contributed by atoms with van der Waals surface area (Å²) in [5, 5.41) is 22.5. The molecule has 10 nitrogen and oxygen atoms in total. The van der Waals surface area contributed by atoms with E-state index in [-0.39, 0.29) is 17.3 Å². The lowest BCUT2D eigenvalue weighted by Gasteiger charge is -2.14. The summed E-state index contributed by atoms with van der Waals surface area (Å²) >= 11 is 0. The van der Waals surface area contributed by atoms with E-state index in [9.17, 15) is 13.5 Å². The van der Waals surface area contributed by atoms with Gasteiger partial charge in [-0.2, -0.15) is 5.10 Å². The van der Waals surface area contributed by atoms with Gasteiger partial charge in [0.15, 0.2) is 5.82 Å². The molecular formula is C23H26N6O4S. The number of rotatable bonds is 8. The first-order chi connectivity index (χ1) is 16.2. The Balaban J connectivity index is 1.83. The second-order valence-electron chi connectivity index (χ2n) is 7.94. The second-order valence-corrected chi connectivity index (χ2v) is 9.65. The second kappa shape index (κ2) is 9.45. The van der Waals surface area contributed by atoms with E-state index in [2.05, 4.69) is 25.0 Å². The van der Waals surface area contributed by atoms with Crippen molar-refractivity contribution in [1.82, 2.24) is 29.7 Å². The average molecular weight is 483 g/mol. The standard InChI is InChI=1S/C23H26N6O4S/c1-5-33-20-11-10-18(34(31,32)28-15(3)13-30)12-19(20)22-24-21-16(4)27-29(23(21)26-25-22)17-8-6-14(2)7-9-17/h6-12,15,28,30H,5,13H2,1-4H3/t15-/m0/s1. The predicted molar refractivity (Wildman–Crippen MR) is 127 cm³/mol. The highest BCUT2D eigenvalue weighted by molar-refractivity contribution is 7.89. The highest BCUT2D eigenvalue weighted by Gasteiger charge is 2.22. The molecule has 0 fully saturated rings. The van der Waals surface area contributed by atoms with Gasteiger partial charge in [0.25, 0.3) is 0 Å². The number of nitrogens with zero attached hydrogens (tertiary/aromatic N) is 5. The van der Waals surface area contributed by atoms with E-state index in [1.807, 2.05) is 45.0 Å². The molecule has 0 unspecified atom stereocenters. The van der Waals surface area contributed by atoms with Crippen LogP contribution in [-0.4, -0.2) is 57.7 Å². The quantitative estimate of drug-likeness (QED) is 0.392. The molecule has 178 valence electrons. The summed E-state index contributed by atoms with van der Waals surface area (Å²) in [6, 6.07) is 11.7. The number of aliphatic hydroxyl groups is 1. The first-order valence-corrected chi connectivity index (χ1v) is 12.3. The Morgan fingerprint density at radius 2 is 1.85 bits per heavy atom. The summed E-state index contributed by atoms with van der Waals surface area (Å²) in [5.41, 5.74) is 4.05. The lowest BCUT2D eigenvalue weighted by molar-refractivity contribution is 0.265. The molecule has 2 aromatic heterocycles. The van der Waals surface area contributed by atoms with Gasteiger partial charge in [0.1, 0.15) is 11.3 Å². The molecule has 4 rings (SSSR count). The Morgan fingerprint density at radius 1 is 1.12 bits per heavy atom. The summed E-state index contributed by atoms with van der Waals surface area (Å²) in [4.78, 5) is 4.66. The zero-order valence-electron chi connectivity index (χ0n) is 19.3. The van der Waals surface area contributed by atoms with Gasteiger partial charge in [0.2, 0.25) is 15.7 Å². The fraction of sp³-hybridized carbons (Fsp3) is 0.304. The van der Waals surface area contributed by atoms with E-state index in [1.165, 1.54) is 12.1 Å². The van der Waals surface area contributed by atoms with Gasteiger partial charge in [-0.1, -0.05) is 17.7 Å². The lowest BCUT2D eigenvalue weighted by atomic mass is 10.2. The Labute approximate surface area is 197 Å². The molecule has 1 atom stereocenters. The van der Waals surface area contributed by atoms with Crippen LogP contribution < -0.4 is 9.46 Å². The Bertz CT molecular complexity index is 1430. The summed E-state index contributed by atoms with van der Waals surface area (Å²) in [6.45, 7) is 7.29. The number of aromatic nitrogens is 5. The van der Waals surface area contributed by atoms with E-state index >= 15 is 0 Å². The van der Waals surface area contributed by atoms with E-state index in [4.69, 9.17) is 4.74 Å². The van der Waals surface area contributed by atoms with Crippen LogP contribution in [0.25, 0.3) is 28.2 Å². The van der Waals surface area contributed by atoms with Gasteiger partial charge in [-0.3, -0.25) is 0 Å². The van der Waals surface area contributed by atoms with Crippen LogP contribution in [0, 0.1) is 13.8 Å². The minimum atomic E-state index is -3.88. The Hall–Kier alpha value is -3.41. The van der Waals surface area contributed by atoms with Gasteiger partial charge in [-0.15, -0.1) is 10.2 Å². The topological polar surface area (TPSA) is 132 Å².